The maximum absolute atomic E-state index is 10.3. The molecule has 2 atom stereocenters. The Bertz CT molecular complexity index is 554. The van der Waals surface area contributed by atoms with Gasteiger partial charge in [-0.05, 0) is 41.1 Å². The highest BCUT2D eigenvalue weighted by Crippen LogP contribution is 2.28. The van der Waals surface area contributed by atoms with Gasteiger partial charge in [-0.3, -0.25) is 4.68 Å². The van der Waals surface area contributed by atoms with Gasteiger partial charge in [-0.15, -0.1) is 0 Å². The Balaban J connectivity index is 2.14. The van der Waals surface area contributed by atoms with E-state index in [4.69, 9.17) is 16.3 Å². The average Bonchev–Trinajstić information content (AvgIpc) is 2.68. The summed E-state index contributed by atoms with van der Waals surface area (Å²) in [6, 6.07) is 7.08. The number of aliphatic hydroxyl groups excluding tert-OH is 1. The lowest BCUT2D eigenvalue weighted by Crippen LogP contribution is -2.24. The summed E-state index contributed by atoms with van der Waals surface area (Å²) in [7, 11) is 1.77. The van der Waals surface area contributed by atoms with E-state index < -0.39 is 12.2 Å². The highest BCUT2D eigenvalue weighted by Gasteiger charge is 2.23. The molecule has 1 aromatic heterocycles. The van der Waals surface area contributed by atoms with Crippen LogP contribution in [0.5, 0.6) is 5.75 Å². The molecular weight excluding hydrogens is 332 g/mol. The Morgan fingerprint density at radius 3 is 2.79 bits per heavy atom. The number of nitrogens with zero attached hydrogens (tertiary/aromatic N) is 2. The van der Waals surface area contributed by atoms with Crippen molar-refractivity contribution in [2.75, 3.05) is 0 Å². The molecule has 1 aromatic carbocycles. The first-order valence-electron chi connectivity index (χ1n) is 5.76. The van der Waals surface area contributed by atoms with Crippen molar-refractivity contribution in [2.45, 2.75) is 19.1 Å². The summed E-state index contributed by atoms with van der Waals surface area (Å²) >= 11 is 9.26. The van der Waals surface area contributed by atoms with Crippen molar-refractivity contribution in [3.05, 3.63) is 45.7 Å². The molecule has 0 aliphatic heterocycles. The molecule has 19 heavy (non-hydrogen) atoms. The number of benzene rings is 1. The highest BCUT2D eigenvalue weighted by atomic mass is 79.9. The number of rotatable bonds is 4. The second kappa shape index (κ2) is 5.94. The van der Waals surface area contributed by atoms with Crippen LogP contribution in [0.1, 0.15) is 18.7 Å². The van der Waals surface area contributed by atoms with Crippen LogP contribution < -0.4 is 4.74 Å². The largest absolute Gasteiger partial charge is 0.488 e. The van der Waals surface area contributed by atoms with Crippen LogP contribution in [0.3, 0.4) is 0 Å². The third-order valence-corrected chi connectivity index (χ3v) is 3.63. The molecule has 2 unspecified atom stereocenters. The maximum atomic E-state index is 10.3. The molecule has 0 spiro atoms. The molecule has 0 bridgehead atoms. The van der Waals surface area contributed by atoms with E-state index in [1.165, 1.54) is 0 Å². The monoisotopic (exact) mass is 344 g/mol. The van der Waals surface area contributed by atoms with Crippen LogP contribution in [0.2, 0.25) is 5.02 Å². The summed E-state index contributed by atoms with van der Waals surface area (Å²) in [6.45, 7) is 1.80. The number of aromatic nitrogens is 2. The predicted octanol–water partition coefficient (Wildman–Crippen LogP) is 3.34. The average molecular weight is 346 g/mol. The fraction of sp³-hybridized carbons (Fsp3) is 0.308. The molecule has 0 fully saturated rings. The van der Waals surface area contributed by atoms with Crippen molar-refractivity contribution in [3.8, 4) is 5.75 Å². The van der Waals surface area contributed by atoms with Crippen molar-refractivity contribution in [3.63, 3.8) is 0 Å². The molecule has 102 valence electrons. The van der Waals surface area contributed by atoms with Gasteiger partial charge in [0.25, 0.3) is 0 Å². The van der Waals surface area contributed by atoms with Gasteiger partial charge in [0, 0.05) is 12.1 Å². The quantitative estimate of drug-likeness (QED) is 0.924. The number of aryl methyl sites for hydroxylation is 1. The minimum atomic E-state index is -0.791. The van der Waals surface area contributed by atoms with E-state index in [0.29, 0.717) is 16.5 Å². The first kappa shape index (κ1) is 14.4. The van der Waals surface area contributed by atoms with Crippen LogP contribution in [-0.2, 0) is 7.05 Å². The second-order valence-corrected chi connectivity index (χ2v) is 5.52. The Kier molecular flexibility index (Phi) is 4.50. The van der Waals surface area contributed by atoms with Crippen LogP contribution in [0.4, 0.5) is 0 Å². The van der Waals surface area contributed by atoms with Crippen LogP contribution >= 0.6 is 27.5 Å². The summed E-state index contributed by atoms with van der Waals surface area (Å²) < 4.78 is 8.07. The van der Waals surface area contributed by atoms with E-state index in [9.17, 15) is 5.11 Å². The molecule has 4 nitrogen and oxygen atoms in total. The van der Waals surface area contributed by atoms with Crippen molar-refractivity contribution >= 4 is 27.5 Å². The van der Waals surface area contributed by atoms with Crippen molar-refractivity contribution in [1.29, 1.82) is 0 Å². The molecule has 2 aromatic rings. The van der Waals surface area contributed by atoms with E-state index in [2.05, 4.69) is 21.0 Å². The Labute approximate surface area is 125 Å². The Hall–Kier alpha value is -1.04. The normalized spacial score (nSPS) is 14.2. The standard InChI is InChI=1S/C13H14BrClN2O2/c1-8(19-10-5-3-4-9(15)6-10)13(18)12-11(14)7-16-17(12)2/h3-8,13,18H,1-2H3. The first-order valence-corrected chi connectivity index (χ1v) is 6.94. The number of hydrogen-bond donors (Lipinski definition) is 1. The molecule has 0 aliphatic rings. The molecule has 0 saturated heterocycles. The number of aliphatic hydroxyl groups is 1. The van der Waals surface area contributed by atoms with E-state index in [-0.39, 0.29) is 0 Å². The van der Waals surface area contributed by atoms with Crippen molar-refractivity contribution < 1.29 is 9.84 Å². The summed E-state index contributed by atoms with van der Waals surface area (Å²) in [4.78, 5) is 0. The number of halogens is 2. The van der Waals surface area contributed by atoms with Gasteiger partial charge in [0.2, 0.25) is 0 Å². The fourth-order valence-corrected chi connectivity index (χ4v) is 2.56. The zero-order valence-electron chi connectivity index (χ0n) is 10.5. The summed E-state index contributed by atoms with van der Waals surface area (Å²) in [5.41, 5.74) is 0.675. The van der Waals surface area contributed by atoms with E-state index in [0.717, 1.165) is 4.47 Å². The summed E-state index contributed by atoms with van der Waals surface area (Å²) in [5, 5.41) is 15.0. The first-order chi connectivity index (χ1) is 8.99. The minimum Gasteiger partial charge on any atom is -0.488 e. The predicted molar refractivity (Wildman–Crippen MR) is 77.4 cm³/mol. The van der Waals surface area contributed by atoms with Crippen LogP contribution in [0, 0.1) is 0 Å². The SMILES string of the molecule is CC(Oc1cccc(Cl)c1)C(O)c1c(Br)cnn1C. The molecule has 1 N–H and O–H groups in total. The van der Waals surface area contributed by atoms with Gasteiger partial charge in [-0.25, -0.2) is 0 Å². The topological polar surface area (TPSA) is 47.3 Å². The zero-order chi connectivity index (χ0) is 14.0. The third-order valence-electron chi connectivity index (χ3n) is 2.78. The number of hydrogen-bond acceptors (Lipinski definition) is 3. The molecule has 0 radical (unpaired) electrons. The van der Waals surface area contributed by atoms with E-state index >= 15 is 0 Å². The lowest BCUT2D eigenvalue weighted by atomic mass is 10.1. The van der Waals surface area contributed by atoms with Crippen molar-refractivity contribution in [2.24, 2.45) is 7.05 Å². The number of ether oxygens (including phenoxy) is 1. The zero-order valence-corrected chi connectivity index (χ0v) is 12.9. The highest BCUT2D eigenvalue weighted by molar-refractivity contribution is 9.10. The molecule has 0 amide bonds. The summed E-state index contributed by atoms with van der Waals surface area (Å²) in [5.74, 6) is 0.623. The maximum Gasteiger partial charge on any atom is 0.133 e. The van der Waals surface area contributed by atoms with Gasteiger partial charge in [-0.2, -0.15) is 5.10 Å². The molecule has 6 heteroatoms. The molecular formula is C13H14BrClN2O2. The third kappa shape index (κ3) is 3.29. The second-order valence-electron chi connectivity index (χ2n) is 4.23. The lowest BCUT2D eigenvalue weighted by Gasteiger charge is -2.21. The van der Waals surface area contributed by atoms with Gasteiger partial charge in [0.05, 0.1) is 16.4 Å². The molecule has 2 rings (SSSR count). The minimum absolute atomic E-state index is 0.426. The van der Waals surface area contributed by atoms with Crippen molar-refractivity contribution in [1.82, 2.24) is 9.78 Å². The molecule has 1 heterocycles. The van der Waals surface area contributed by atoms with Crippen LogP contribution in [0.15, 0.2) is 34.9 Å². The lowest BCUT2D eigenvalue weighted by molar-refractivity contribution is 0.0408. The van der Waals surface area contributed by atoms with E-state index in [1.54, 1.807) is 49.1 Å². The Morgan fingerprint density at radius 1 is 1.47 bits per heavy atom. The van der Waals surface area contributed by atoms with Gasteiger partial charge in [0.15, 0.2) is 0 Å². The summed E-state index contributed by atoms with van der Waals surface area (Å²) in [6.07, 6.45) is 0.427. The van der Waals surface area contributed by atoms with Gasteiger partial charge in [-0.1, -0.05) is 17.7 Å². The van der Waals surface area contributed by atoms with Gasteiger partial charge < -0.3 is 9.84 Å². The van der Waals surface area contributed by atoms with Gasteiger partial charge in [0.1, 0.15) is 18.0 Å². The molecule has 0 saturated carbocycles. The van der Waals surface area contributed by atoms with Crippen LogP contribution in [0.25, 0.3) is 0 Å². The smallest absolute Gasteiger partial charge is 0.133 e. The van der Waals surface area contributed by atoms with Crippen LogP contribution in [-0.4, -0.2) is 21.0 Å². The fourth-order valence-electron chi connectivity index (χ4n) is 1.79. The van der Waals surface area contributed by atoms with Gasteiger partial charge >= 0.3 is 0 Å². The Morgan fingerprint density at radius 2 is 2.21 bits per heavy atom. The van der Waals surface area contributed by atoms with E-state index in [1.807, 2.05) is 0 Å². The molecule has 0 aliphatic carbocycles.